The van der Waals surface area contributed by atoms with Crippen molar-refractivity contribution in [2.75, 3.05) is 5.32 Å². The second-order valence-corrected chi connectivity index (χ2v) is 6.26. The van der Waals surface area contributed by atoms with E-state index in [1.807, 2.05) is 0 Å². The molecule has 0 amide bonds. The number of aryl methyl sites for hydroxylation is 1. The average molecular weight is 383 g/mol. The zero-order chi connectivity index (χ0) is 13.7. The van der Waals surface area contributed by atoms with Crippen LogP contribution in [0.4, 0.5) is 5.69 Å². The van der Waals surface area contributed by atoms with Crippen LogP contribution in [0.15, 0.2) is 51.4 Å². The first-order valence-electron chi connectivity index (χ1n) is 6.46. The van der Waals surface area contributed by atoms with Crippen LogP contribution in [0.25, 0.3) is 0 Å². The van der Waals surface area contributed by atoms with Gasteiger partial charge < -0.3 is 5.32 Å². The fraction of sp³-hybridized carbons (Fsp3) is 0.250. The van der Waals surface area contributed by atoms with E-state index in [2.05, 4.69) is 86.6 Å². The molecule has 2 aromatic rings. The Morgan fingerprint density at radius 3 is 2.21 bits per heavy atom. The van der Waals surface area contributed by atoms with Crippen molar-refractivity contribution in [3.8, 4) is 0 Å². The van der Waals surface area contributed by atoms with E-state index in [9.17, 15) is 0 Å². The van der Waals surface area contributed by atoms with Crippen molar-refractivity contribution in [2.24, 2.45) is 0 Å². The van der Waals surface area contributed by atoms with Gasteiger partial charge in [-0.05, 0) is 73.7 Å². The summed E-state index contributed by atoms with van der Waals surface area (Å²) in [6.45, 7) is 3.04. The van der Waals surface area contributed by atoms with E-state index in [4.69, 9.17) is 0 Å². The molecule has 0 aliphatic rings. The fourth-order valence-electron chi connectivity index (χ4n) is 1.93. The topological polar surface area (TPSA) is 12.0 Å². The predicted molar refractivity (Wildman–Crippen MR) is 89.6 cm³/mol. The molecule has 3 heteroatoms. The smallest absolute Gasteiger partial charge is 0.0401 e. The van der Waals surface area contributed by atoms with Crippen LogP contribution >= 0.6 is 31.9 Å². The second kappa shape index (κ2) is 7.11. The highest BCUT2D eigenvalue weighted by Crippen LogP contribution is 2.24. The Morgan fingerprint density at radius 1 is 0.895 bits per heavy atom. The van der Waals surface area contributed by atoms with E-state index in [0.717, 1.165) is 21.9 Å². The summed E-state index contributed by atoms with van der Waals surface area (Å²) in [7, 11) is 0. The maximum absolute atomic E-state index is 3.52. The van der Waals surface area contributed by atoms with Crippen molar-refractivity contribution in [1.29, 1.82) is 0 Å². The van der Waals surface area contributed by atoms with E-state index in [0.29, 0.717) is 0 Å². The molecule has 0 saturated carbocycles. The first-order chi connectivity index (χ1) is 9.19. The number of hydrogen-bond acceptors (Lipinski definition) is 1. The van der Waals surface area contributed by atoms with Gasteiger partial charge in [-0.15, -0.1) is 0 Å². The Bertz CT molecular complexity index is 535. The molecule has 0 aliphatic carbocycles. The Morgan fingerprint density at radius 2 is 1.58 bits per heavy atom. The molecule has 100 valence electrons. The molecule has 2 rings (SSSR count). The maximum atomic E-state index is 3.52. The van der Waals surface area contributed by atoms with Gasteiger partial charge in [0.15, 0.2) is 0 Å². The van der Waals surface area contributed by atoms with Crippen LogP contribution in [0.1, 0.15) is 24.5 Å². The van der Waals surface area contributed by atoms with Gasteiger partial charge in [-0.3, -0.25) is 0 Å². The number of nitrogens with one attached hydrogen (secondary N) is 1. The summed E-state index contributed by atoms with van der Waals surface area (Å²) in [6, 6.07) is 15.0. The number of rotatable bonds is 5. The van der Waals surface area contributed by atoms with Crippen LogP contribution in [0, 0.1) is 0 Å². The molecule has 0 bridgehead atoms. The van der Waals surface area contributed by atoms with E-state index < -0.39 is 0 Å². The largest absolute Gasteiger partial charge is 0.381 e. The number of halogens is 2. The van der Waals surface area contributed by atoms with Crippen molar-refractivity contribution < 1.29 is 0 Å². The van der Waals surface area contributed by atoms with E-state index >= 15 is 0 Å². The SMILES string of the molecule is CCCc1ccc(NCc2ccc(Br)c(Br)c2)cc1. The lowest BCUT2D eigenvalue weighted by Gasteiger charge is -2.08. The van der Waals surface area contributed by atoms with Gasteiger partial charge in [0.25, 0.3) is 0 Å². The molecule has 19 heavy (non-hydrogen) atoms. The minimum Gasteiger partial charge on any atom is -0.381 e. The highest BCUT2D eigenvalue weighted by Gasteiger charge is 1.99. The maximum Gasteiger partial charge on any atom is 0.0401 e. The minimum atomic E-state index is 0.832. The van der Waals surface area contributed by atoms with Gasteiger partial charge in [0, 0.05) is 21.2 Å². The molecule has 1 N–H and O–H groups in total. The van der Waals surface area contributed by atoms with Crippen LogP contribution in [0.5, 0.6) is 0 Å². The summed E-state index contributed by atoms with van der Waals surface area (Å²) in [5.41, 5.74) is 3.83. The quantitative estimate of drug-likeness (QED) is 0.691. The molecule has 0 aromatic heterocycles. The standard InChI is InChI=1S/C16H17Br2N/c1-2-3-12-4-7-14(8-5-12)19-11-13-6-9-15(17)16(18)10-13/h4-10,19H,2-3,11H2,1H3. The minimum absolute atomic E-state index is 0.832. The van der Waals surface area contributed by atoms with Gasteiger partial charge in [-0.2, -0.15) is 0 Å². The van der Waals surface area contributed by atoms with Crippen LogP contribution in [-0.2, 0) is 13.0 Å². The zero-order valence-corrected chi connectivity index (χ0v) is 14.1. The normalized spacial score (nSPS) is 10.5. The summed E-state index contributed by atoms with van der Waals surface area (Å²) in [5.74, 6) is 0. The molecule has 0 atom stereocenters. The third-order valence-corrected chi connectivity index (χ3v) is 4.85. The van der Waals surface area contributed by atoms with E-state index in [-0.39, 0.29) is 0 Å². The number of hydrogen-bond donors (Lipinski definition) is 1. The molecular formula is C16H17Br2N. The fourth-order valence-corrected chi connectivity index (χ4v) is 2.60. The van der Waals surface area contributed by atoms with Gasteiger partial charge >= 0.3 is 0 Å². The highest BCUT2D eigenvalue weighted by molar-refractivity contribution is 9.13. The highest BCUT2D eigenvalue weighted by atomic mass is 79.9. The molecule has 1 nitrogen and oxygen atoms in total. The van der Waals surface area contributed by atoms with Gasteiger partial charge in [-0.1, -0.05) is 31.5 Å². The summed E-state index contributed by atoms with van der Waals surface area (Å²) in [6.07, 6.45) is 2.35. The number of benzene rings is 2. The monoisotopic (exact) mass is 381 g/mol. The molecule has 0 fully saturated rings. The van der Waals surface area contributed by atoms with E-state index in [1.54, 1.807) is 0 Å². The van der Waals surface area contributed by atoms with Crippen molar-refractivity contribution in [2.45, 2.75) is 26.3 Å². The second-order valence-electron chi connectivity index (χ2n) is 4.55. The van der Waals surface area contributed by atoms with Crippen molar-refractivity contribution in [1.82, 2.24) is 0 Å². The first kappa shape index (κ1) is 14.6. The Labute approximate surface area is 131 Å². The third-order valence-electron chi connectivity index (χ3n) is 2.97. The lowest BCUT2D eigenvalue weighted by Crippen LogP contribution is -1.99. The predicted octanol–water partition coefficient (Wildman–Crippen LogP) is 5.78. The Hall–Kier alpha value is -0.800. The average Bonchev–Trinajstić information content (AvgIpc) is 2.42. The molecular weight excluding hydrogens is 366 g/mol. The first-order valence-corrected chi connectivity index (χ1v) is 8.04. The van der Waals surface area contributed by atoms with Gasteiger partial charge in [0.1, 0.15) is 0 Å². The van der Waals surface area contributed by atoms with Crippen LogP contribution in [-0.4, -0.2) is 0 Å². The summed E-state index contributed by atoms with van der Waals surface area (Å²) in [5, 5.41) is 3.44. The van der Waals surface area contributed by atoms with Crippen molar-refractivity contribution in [3.05, 3.63) is 62.5 Å². The Balaban J connectivity index is 1.96. The molecule has 0 heterocycles. The van der Waals surface area contributed by atoms with Crippen molar-refractivity contribution in [3.63, 3.8) is 0 Å². The molecule has 0 spiro atoms. The van der Waals surface area contributed by atoms with Crippen LogP contribution < -0.4 is 5.32 Å². The molecule has 0 saturated heterocycles. The summed E-state index contributed by atoms with van der Waals surface area (Å²) in [4.78, 5) is 0. The van der Waals surface area contributed by atoms with Gasteiger partial charge in [0.05, 0.1) is 0 Å². The van der Waals surface area contributed by atoms with Crippen LogP contribution in [0.3, 0.4) is 0 Å². The lowest BCUT2D eigenvalue weighted by atomic mass is 10.1. The molecule has 0 radical (unpaired) electrons. The summed E-state index contributed by atoms with van der Waals surface area (Å²) >= 11 is 7.01. The molecule has 2 aromatic carbocycles. The van der Waals surface area contributed by atoms with Gasteiger partial charge in [-0.25, -0.2) is 0 Å². The lowest BCUT2D eigenvalue weighted by molar-refractivity contribution is 0.922. The van der Waals surface area contributed by atoms with Crippen LogP contribution in [0.2, 0.25) is 0 Å². The summed E-state index contributed by atoms with van der Waals surface area (Å²) < 4.78 is 2.17. The molecule has 0 aliphatic heterocycles. The third kappa shape index (κ3) is 4.36. The zero-order valence-electron chi connectivity index (χ0n) is 10.9. The van der Waals surface area contributed by atoms with Crippen molar-refractivity contribution >= 4 is 37.5 Å². The van der Waals surface area contributed by atoms with Gasteiger partial charge in [0.2, 0.25) is 0 Å². The Kier molecular flexibility index (Phi) is 5.46. The molecule has 0 unspecified atom stereocenters. The van der Waals surface area contributed by atoms with E-state index in [1.165, 1.54) is 23.2 Å². The number of anilines is 1.